The molecule has 0 spiro atoms. The van der Waals surface area contributed by atoms with E-state index in [9.17, 15) is 18.9 Å². The SMILES string of the molecule is CC(C)COc1c(F)cc([N+](=O)[O-])cc1F. The maximum atomic E-state index is 13.3. The number of ether oxygens (including phenoxy) is 1. The Labute approximate surface area is 91.0 Å². The molecule has 4 nitrogen and oxygen atoms in total. The second-order valence-corrected chi connectivity index (χ2v) is 3.70. The first-order valence-corrected chi connectivity index (χ1v) is 4.68. The fourth-order valence-electron chi connectivity index (χ4n) is 1.04. The van der Waals surface area contributed by atoms with E-state index in [-0.39, 0.29) is 12.5 Å². The van der Waals surface area contributed by atoms with E-state index in [0.717, 1.165) is 0 Å². The van der Waals surface area contributed by atoms with Crippen LogP contribution in [0.15, 0.2) is 12.1 Å². The van der Waals surface area contributed by atoms with Gasteiger partial charge in [-0.15, -0.1) is 0 Å². The van der Waals surface area contributed by atoms with E-state index >= 15 is 0 Å². The quantitative estimate of drug-likeness (QED) is 0.591. The van der Waals surface area contributed by atoms with Crippen LogP contribution in [0.3, 0.4) is 0 Å². The number of halogens is 2. The van der Waals surface area contributed by atoms with Gasteiger partial charge < -0.3 is 4.74 Å². The van der Waals surface area contributed by atoms with Crippen LogP contribution in [0.25, 0.3) is 0 Å². The lowest BCUT2D eigenvalue weighted by molar-refractivity contribution is -0.385. The van der Waals surface area contributed by atoms with Gasteiger partial charge in [0.05, 0.1) is 23.7 Å². The maximum absolute atomic E-state index is 13.3. The molecule has 1 rings (SSSR count). The molecule has 0 aliphatic rings. The number of nitro groups is 1. The van der Waals surface area contributed by atoms with Gasteiger partial charge in [0.25, 0.3) is 5.69 Å². The molecule has 1 aromatic carbocycles. The average molecular weight is 231 g/mol. The molecule has 1 aromatic rings. The number of nitro benzene ring substituents is 1. The Hall–Kier alpha value is -1.72. The van der Waals surface area contributed by atoms with Crippen molar-refractivity contribution in [3.8, 4) is 5.75 Å². The predicted molar refractivity (Wildman–Crippen MR) is 53.3 cm³/mol. The molecule has 16 heavy (non-hydrogen) atoms. The molecule has 0 saturated carbocycles. The topological polar surface area (TPSA) is 52.4 Å². The highest BCUT2D eigenvalue weighted by molar-refractivity contribution is 5.39. The largest absolute Gasteiger partial charge is 0.487 e. The summed E-state index contributed by atoms with van der Waals surface area (Å²) in [5, 5.41) is 10.3. The minimum Gasteiger partial charge on any atom is -0.487 e. The average Bonchev–Trinajstić information content (AvgIpc) is 2.15. The molecular formula is C10H11F2NO3. The number of rotatable bonds is 4. The molecule has 0 radical (unpaired) electrons. The van der Waals surface area contributed by atoms with Gasteiger partial charge >= 0.3 is 0 Å². The van der Waals surface area contributed by atoms with Crippen LogP contribution in [-0.4, -0.2) is 11.5 Å². The highest BCUT2D eigenvalue weighted by Crippen LogP contribution is 2.27. The molecule has 0 unspecified atom stereocenters. The number of nitrogens with zero attached hydrogens (tertiary/aromatic N) is 1. The lowest BCUT2D eigenvalue weighted by atomic mass is 10.2. The molecule has 0 aliphatic heterocycles. The molecule has 0 aliphatic carbocycles. The van der Waals surface area contributed by atoms with Crippen LogP contribution in [0, 0.1) is 27.7 Å². The summed E-state index contributed by atoms with van der Waals surface area (Å²) < 4.78 is 31.4. The van der Waals surface area contributed by atoms with Gasteiger partial charge in [0, 0.05) is 0 Å². The maximum Gasteiger partial charge on any atom is 0.275 e. The van der Waals surface area contributed by atoms with E-state index in [0.29, 0.717) is 12.1 Å². The third kappa shape index (κ3) is 2.88. The summed E-state index contributed by atoms with van der Waals surface area (Å²) in [5.41, 5.74) is -0.633. The van der Waals surface area contributed by atoms with E-state index in [4.69, 9.17) is 4.74 Å². The Kier molecular flexibility index (Phi) is 3.76. The first-order chi connectivity index (χ1) is 7.41. The van der Waals surface area contributed by atoms with Gasteiger partial charge in [0.1, 0.15) is 0 Å². The summed E-state index contributed by atoms with van der Waals surface area (Å²) >= 11 is 0. The lowest BCUT2D eigenvalue weighted by Gasteiger charge is -2.09. The van der Waals surface area contributed by atoms with Gasteiger partial charge in [-0.2, -0.15) is 0 Å². The zero-order valence-corrected chi connectivity index (χ0v) is 8.87. The summed E-state index contributed by atoms with van der Waals surface area (Å²) in [6, 6.07) is 1.28. The first-order valence-electron chi connectivity index (χ1n) is 4.68. The van der Waals surface area contributed by atoms with Crippen molar-refractivity contribution in [2.24, 2.45) is 5.92 Å². The predicted octanol–water partition coefficient (Wildman–Crippen LogP) is 2.91. The highest BCUT2D eigenvalue weighted by Gasteiger charge is 2.18. The molecule has 88 valence electrons. The van der Waals surface area contributed by atoms with Crippen LogP contribution in [0.2, 0.25) is 0 Å². The van der Waals surface area contributed by atoms with E-state index in [1.807, 2.05) is 13.8 Å². The number of non-ortho nitro benzene ring substituents is 1. The van der Waals surface area contributed by atoms with Crippen molar-refractivity contribution in [3.63, 3.8) is 0 Å². The first kappa shape index (κ1) is 12.4. The highest BCUT2D eigenvalue weighted by atomic mass is 19.1. The van der Waals surface area contributed by atoms with Crippen LogP contribution in [0.1, 0.15) is 13.8 Å². The van der Waals surface area contributed by atoms with Crippen molar-refractivity contribution in [1.82, 2.24) is 0 Å². The fraction of sp³-hybridized carbons (Fsp3) is 0.400. The summed E-state index contributed by atoms with van der Waals surface area (Å²) in [7, 11) is 0. The Balaban J connectivity index is 2.98. The Morgan fingerprint density at radius 1 is 1.38 bits per heavy atom. The Bertz CT molecular complexity index is 384. The zero-order valence-electron chi connectivity index (χ0n) is 8.87. The van der Waals surface area contributed by atoms with Gasteiger partial charge in [0.15, 0.2) is 17.4 Å². The van der Waals surface area contributed by atoms with Gasteiger partial charge in [-0.25, -0.2) is 8.78 Å². The molecule has 0 aromatic heterocycles. The molecule has 0 bridgehead atoms. The van der Waals surface area contributed by atoms with E-state index in [1.165, 1.54) is 0 Å². The smallest absolute Gasteiger partial charge is 0.275 e. The van der Waals surface area contributed by atoms with Gasteiger partial charge in [-0.3, -0.25) is 10.1 Å². The molecule has 0 heterocycles. The second-order valence-electron chi connectivity index (χ2n) is 3.70. The van der Waals surface area contributed by atoms with Crippen LogP contribution >= 0.6 is 0 Å². The third-order valence-corrected chi connectivity index (χ3v) is 1.75. The van der Waals surface area contributed by atoms with Gasteiger partial charge in [0.2, 0.25) is 0 Å². The molecule has 0 fully saturated rings. The van der Waals surface area contributed by atoms with Crippen molar-refractivity contribution >= 4 is 5.69 Å². The van der Waals surface area contributed by atoms with Crippen molar-refractivity contribution in [3.05, 3.63) is 33.9 Å². The lowest BCUT2D eigenvalue weighted by Crippen LogP contribution is -2.07. The van der Waals surface area contributed by atoms with Crippen LogP contribution in [0.4, 0.5) is 14.5 Å². The number of benzene rings is 1. The van der Waals surface area contributed by atoms with Crippen molar-refractivity contribution in [2.75, 3.05) is 6.61 Å². The molecule has 0 N–H and O–H groups in total. The summed E-state index contributed by atoms with van der Waals surface area (Å²) in [6.45, 7) is 3.79. The minimum absolute atomic E-state index is 0.106. The van der Waals surface area contributed by atoms with Gasteiger partial charge in [-0.05, 0) is 5.92 Å². The second kappa shape index (κ2) is 4.87. The molecule has 0 atom stereocenters. The minimum atomic E-state index is -1.06. The van der Waals surface area contributed by atoms with Crippen molar-refractivity contribution in [2.45, 2.75) is 13.8 Å². The zero-order chi connectivity index (χ0) is 12.3. The Morgan fingerprint density at radius 3 is 2.25 bits per heavy atom. The standard InChI is InChI=1S/C10H11F2NO3/c1-6(2)5-16-10-8(11)3-7(13(14)15)4-9(10)12/h3-4,6H,5H2,1-2H3. The third-order valence-electron chi connectivity index (χ3n) is 1.75. The summed E-state index contributed by atoms with van der Waals surface area (Å²) in [6.07, 6.45) is 0. The molecule has 0 saturated heterocycles. The molecular weight excluding hydrogens is 220 g/mol. The monoisotopic (exact) mass is 231 g/mol. The van der Waals surface area contributed by atoms with Crippen LogP contribution < -0.4 is 4.74 Å². The van der Waals surface area contributed by atoms with Crippen molar-refractivity contribution in [1.29, 1.82) is 0 Å². The molecule has 6 heteroatoms. The number of hydrogen-bond donors (Lipinski definition) is 0. The molecule has 0 amide bonds. The summed E-state index contributed by atoms with van der Waals surface area (Å²) in [5.74, 6) is -2.59. The van der Waals surface area contributed by atoms with Crippen LogP contribution in [0.5, 0.6) is 5.75 Å². The Morgan fingerprint density at radius 2 is 1.88 bits per heavy atom. The van der Waals surface area contributed by atoms with Crippen molar-refractivity contribution < 1.29 is 18.4 Å². The van der Waals surface area contributed by atoms with E-state index in [1.54, 1.807) is 0 Å². The van der Waals surface area contributed by atoms with Crippen LogP contribution in [-0.2, 0) is 0 Å². The van der Waals surface area contributed by atoms with E-state index < -0.39 is 28.0 Å². The van der Waals surface area contributed by atoms with Gasteiger partial charge in [-0.1, -0.05) is 13.8 Å². The number of hydrogen-bond acceptors (Lipinski definition) is 3. The summed E-state index contributed by atoms with van der Waals surface area (Å²) in [4.78, 5) is 9.45. The normalized spacial score (nSPS) is 10.6. The fourth-order valence-corrected chi connectivity index (χ4v) is 1.04. The van der Waals surface area contributed by atoms with E-state index in [2.05, 4.69) is 0 Å².